The summed E-state index contributed by atoms with van der Waals surface area (Å²) in [5.41, 5.74) is 2.06. The number of rotatable bonds is 6. The van der Waals surface area contributed by atoms with E-state index in [1.54, 1.807) is 42.5 Å². The maximum absolute atomic E-state index is 13.0. The highest BCUT2D eigenvalue weighted by Gasteiger charge is 2.24. The fourth-order valence-electron chi connectivity index (χ4n) is 4.10. The van der Waals surface area contributed by atoms with E-state index in [2.05, 4.69) is 5.32 Å². The molecule has 0 aromatic heterocycles. The lowest BCUT2D eigenvalue weighted by Crippen LogP contribution is -2.30. The fourth-order valence-corrected chi connectivity index (χ4v) is 4.28. The summed E-state index contributed by atoms with van der Waals surface area (Å²) >= 11 is 6.15. The van der Waals surface area contributed by atoms with E-state index in [1.807, 2.05) is 23.1 Å². The monoisotopic (exact) mass is 465 g/mol. The lowest BCUT2D eigenvalue weighted by Gasteiger charge is -2.28. The number of hydrogen-bond donors (Lipinski definition) is 2. The first-order valence-electron chi connectivity index (χ1n) is 10.8. The summed E-state index contributed by atoms with van der Waals surface area (Å²) in [6.45, 7) is 1.52. The van der Waals surface area contributed by atoms with E-state index in [0.29, 0.717) is 27.5 Å². The van der Waals surface area contributed by atoms with E-state index in [0.717, 1.165) is 32.4 Å². The number of carbonyl (C=O) groups excluding carboxylic acids is 1. The van der Waals surface area contributed by atoms with Crippen LogP contribution in [0, 0.1) is 10.1 Å². The molecule has 0 bridgehead atoms. The van der Waals surface area contributed by atoms with Gasteiger partial charge in [0.25, 0.3) is 11.6 Å². The molecule has 3 aromatic rings. The SMILES string of the molecule is O=C(Nc1ccc(Cl)cc1[C@H](O)c1ccccc1)c1ccc(N2CCCCC2)c([N+](=O)[O-])c1. The van der Waals surface area contributed by atoms with Gasteiger partial charge in [0.05, 0.1) is 4.92 Å². The van der Waals surface area contributed by atoms with Gasteiger partial charge >= 0.3 is 0 Å². The Morgan fingerprint density at radius 1 is 1.03 bits per heavy atom. The summed E-state index contributed by atoms with van der Waals surface area (Å²) in [6, 6.07) is 18.4. The first-order valence-corrected chi connectivity index (χ1v) is 11.2. The number of hydrogen-bond acceptors (Lipinski definition) is 5. The number of nitro groups is 1. The molecule has 170 valence electrons. The van der Waals surface area contributed by atoms with Gasteiger partial charge in [-0.2, -0.15) is 0 Å². The van der Waals surface area contributed by atoms with Gasteiger partial charge in [-0.1, -0.05) is 41.9 Å². The summed E-state index contributed by atoms with van der Waals surface area (Å²) in [5.74, 6) is -0.507. The van der Waals surface area contributed by atoms with Crippen LogP contribution in [-0.2, 0) is 0 Å². The van der Waals surface area contributed by atoms with E-state index < -0.39 is 16.9 Å². The average Bonchev–Trinajstić information content (AvgIpc) is 2.85. The van der Waals surface area contributed by atoms with Crippen molar-refractivity contribution in [1.82, 2.24) is 0 Å². The van der Waals surface area contributed by atoms with Crippen molar-refractivity contribution in [3.8, 4) is 0 Å². The van der Waals surface area contributed by atoms with E-state index in [9.17, 15) is 20.0 Å². The quantitative estimate of drug-likeness (QED) is 0.366. The van der Waals surface area contributed by atoms with Crippen LogP contribution in [0.2, 0.25) is 5.02 Å². The number of aliphatic hydroxyl groups excluding tert-OH is 1. The minimum absolute atomic E-state index is 0.0924. The summed E-state index contributed by atoms with van der Waals surface area (Å²) in [4.78, 5) is 26.3. The molecule has 4 rings (SSSR count). The van der Waals surface area contributed by atoms with Gasteiger partial charge in [-0.25, -0.2) is 0 Å². The highest BCUT2D eigenvalue weighted by Crippen LogP contribution is 2.33. The number of halogens is 1. The molecule has 1 aliphatic rings. The van der Waals surface area contributed by atoms with Crippen molar-refractivity contribution >= 4 is 34.6 Å². The van der Waals surface area contributed by atoms with Gasteiger partial charge in [0, 0.05) is 41.0 Å². The number of amides is 1. The molecule has 7 nitrogen and oxygen atoms in total. The van der Waals surface area contributed by atoms with Crippen LogP contribution in [0.15, 0.2) is 66.7 Å². The second-order valence-electron chi connectivity index (χ2n) is 8.01. The number of piperidine rings is 1. The molecule has 0 unspecified atom stereocenters. The molecule has 1 atom stereocenters. The number of nitro benzene ring substituents is 1. The summed E-state index contributed by atoms with van der Waals surface area (Å²) < 4.78 is 0. The summed E-state index contributed by atoms with van der Waals surface area (Å²) in [6.07, 6.45) is 2.09. The van der Waals surface area contributed by atoms with E-state index >= 15 is 0 Å². The third-order valence-electron chi connectivity index (χ3n) is 5.80. The highest BCUT2D eigenvalue weighted by atomic mass is 35.5. The van der Waals surface area contributed by atoms with Crippen molar-refractivity contribution < 1.29 is 14.8 Å². The minimum Gasteiger partial charge on any atom is -0.384 e. The van der Waals surface area contributed by atoms with Gasteiger partial charge in [0.15, 0.2) is 0 Å². The van der Waals surface area contributed by atoms with Crippen molar-refractivity contribution in [1.29, 1.82) is 0 Å². The Labute approximate surface area is 196 Å². The Hall–Kier alpha value is -3.42. The molecule has 1 fully saturated rings. The predicted molar refractivity (Wildman–Crippen MR) is 129 cm³/mol. The third-order valence-corrected chi connectivity index (χ3v) is 6.04. The smallest absolute Gasteiger partial charge is 0.293 e. The van der Waals surface area contributed by atoms with Gasteiger partial charge in [0.2, 0.25) is 0 Å². The molecular formula is C25H24ClN3O4. The fraction of sp³-hybridized carbons (Fsp3) is 0.240. The Morgan fingerprint density at radius 3 is 2.45 bits per heavy atom. The van der Waals surface area contributed by atoms with E-state index in [4.69, 9.17) is 11.6 Å². The molecule has 0 radical (unpaired) electrons. The van der Waals surface area contributed by atoms with Crippen molar-refractivity contribution in [3.05, 3.63) is 98.6 Å². The molecule has 1 heterocycles. The van der Waals surface area contributed by atoms with Crippen LogP contribution >= 0.6 is 11.6 Å². The molecule has 1 amide bonds. The minimum atomic E-state index is -1.00. The third kappa shape index (κ3) is 5.16. The zero-order valence-electron chi connectivity index (χ0n) is 17.9. The maximum Gasteiger partial charge on any atom is 0.293 e. The van der Waals surface area contributed by atoms with Crippen LogP contribution in [0.1, 0.15) is 46.9 Å². The summed E-state index contributed by atoms with van der Waals surface area (Å²) in [5, 5.41) is 25.8. The number of nitrogens with zero attached hydrogens (tertiary/aromatic N) is 2. The topological polar surface area (TPSA) is 95.7 Å². The Balaban J connectivity index is 1.62. The Morgan fingerprint density at radius 2 is 1.76 bits per heavy atom. The number of nitrogens with one attached hydrogen (secondary N) is 1. The second kappa shape index (κ2) is 10.0. The molecule has 0 spiro atoms. The molecule has 33 heavy (non-hydrogen) atoms. The normalized spacial score (nSPS) is 14.5. The van der Waals surface area contributed by atoms with Crippen molar-refractivity contribution in [3.63, 3.8) is 0 Å². The van der Waals surface area contributed by atoms with Crippen LogP contribution in [0.4, 0.5) is 17.1 Å². The number of anilines is 2. The van der Waals surface area contributed by atoms with Crippen molar-refractivity contribution in [2.75, 3.05) is 23.3 Å². The van der Waals surface area contributed by atoms with Gasteiger partial charge in [-0.05, 0) is 55.2 Å². The predicted octanol–water partition coefficient (Wildman–Crippen LogP) is 5.57. The second-order valence-corrected chi connectivity index (χ2v) is 8.44. The Bertz CT molecular complexity index is 1160. The maximum atomic E-state index is 13.0. The lowest BCUT2D eigenvalue weighted by molar-refractivity contribution is -0.384. The largest absolute Gasteiger partial charge is 0.384 e. The molecular weight excluding hydrogens is 442 g/mol. The van der Waals surface area contributed by atoms with Crippen molar-refractivity contribution in [2.45, 2.75) is 25.4 Å². The first-order chi connectivity index (χ1) is 15.9. The average molecular weight is 466 g/mol. The van der Waals surface area contributed by atoms with Crippen LogP contribution in [0.25, 0.3) is 0 Å². The zero-order valence-corrected chi connectivity index (χ0v) is 18.7. The molecule has 0 aliphatic carbocycles. The number of aliphatic hydroxyl groups is 1. The van der Waals surface area contributed by atoms with Gasteiger partial charge in [-0.3, -0.25) is 14.9 Å². The molecule has 3 aromatic carbocycles. The Kier molecular flexibility index (Phi) is 6.91. The number of carbonyl (C=O) groups is 1. The van der Waals surface area contributed by atoms with Crippen molar-refractivity contribution in [2.24, 2.45) is 0 Å². The first kappa shape index (κ1) is 22.8. The van der Waals surface area contributed by atoms with Gasteiger partial charge in [-0.15, -0.1) is 0 Å². The summed E-state index contributed by atoms with van der Waals surface area (Å²) in [7, 11) is 0. The van der Waals surface area contributed by atoms with Crippen LogP contribution in [0.5, 0.6) is 0 Å². The standard InChI is InChI=1S/C25H24ClN3O4/c26-19-10-11-21(20(16-19)24(30)17-7-3-1-4-8-17)27-25(31)18-9-12-22(23(15-18)29(32)33)28-13-5-2-6-14-28/h1,3-4,7-12,15-16,24,30H,2,5-6,13-14H2,(H,27,31)/t24-/m1/s1. The molecule has 8 heteroatoms. The molecule has 1 aliphatic heterocycles. The van der Waals surface area contributed by atoms with Gasteiger partial charge in [0.1, 0.15) is 11.8 Å². The highest BCUT2D eigenvalue weighted by molar-refractivity contribution is 6.30. The zero-order chi connectivity index (χ0) is 23.4. The van der Waals surface area contributed by atoms with Crippen LogP contribution in [-0.4, -0.2) is 29.0 Å². The lowest BCUT2D eigenvalue weighted by atomic mass is 9.99. The van der Waals surface area contributed by atoms with E-state index in [-0.39, 0.29) is 11.3 Å². The van der Waals surface area contributed by atoms with Crippen LogP contribution in [0.3, 0.4) is 0 Å². The van der Waals surface area contributed by atoms with Gasteiger partial charge < -0.3 is 15.3 Å². The molecule has 0 saturated carbocycles. The van der Waals surface area contributed by atoms with E-state index in [1.165, 1.54) is 6.07 Å². The number of benzene rings is 3. The van der Waals surface area contributed by atoms with Crippen LogP contribution < -0.4 is 10.2 Å². The molecule has 1 saturated heterocycles. The molecule has 2 N–H and O–H groups in total.